The quantitative estimate of drug-likeness (QED) is 0.323. The second-order valence-electron chi connectivity index (χ2n) is 3.53. The minimum Gasteiger partial charge on any atom is -0.299 e. The van der Waals surface area contributed by atoms with Crippen molar-refractivity contribution in [3.8, 4) is 6.07 Å². The maximum absolute atomic E-state index is 8.86. The van der Waals surface area contributed by atoms with Crippen molar-refractivity contribution in [1.82, 2.24) is 5.01 Å². The average Bonchev–Trinajstić information content (AvgIpc) is 2.17. The molecule has 0 aliphatic rings. The SMILES string of the molecule is CC/C(C)=C/C=C(/C#N)N(N)C(C)C. The smallest absolute Gasteiger partial charge is 0.130 e. The average molecular weight is 193 g/mol. The summed E-state index contributed by atoms with van der Waals surface area (Å²) in [4.78, 5) is 0. The summed E-state index contributed by atoms with van der Waals surface area (Å²) < 4.78 is 0. The van der Waals surface area contributed by atoms with Gasteiger partial charge in [-0.25, -0.2) is 5.84 Å². The normalized spacial score (nSPS) is 12.9. The van der Waals surface area contributed by atoms with Crippen LogP contribution in [0.3, 0.4) is 0 Å². The zero-order chi connectivity index (χ0) is 11.1. The highest BCUT2D eigenvalue weighted by molar-refractivity contribution is 5.25. The Balaban J connectivity index is 4.66. The van der Waals surface area contributed by atoms with E-state index in [-0.39, 0.29) is 6.04 Å². The molecule has 0 rings (SSSR count). The lowest BCUT2D eigenvalue weighted by atomic mass is 10.2. The number of nitriles is 1. The second-order valence-corrected chi connectivity index (χ2v) is 3.53. The number of rotatable bonds is 4. The third kappa shape index (κ3) is 4.11. The molecule has 0 fully saturated rings. The van der Waals surface area contributed by atoms with Crippen LogP contribution in [0.2, 0.25) is 0 Å². The van der Waals surface area contributed by atoms with E-state index in [0.717, 1.165) is 6.42 Å². The van der Waals surface area contributed by atoms with Crippen molar-refractivity contribution in [2.24, 2.45) is 5.84 Å². The first kappa shape index (κ1) is 12.7. The predicted molar refractivity (Wildman–Crippen MR) is 58.9 cm³/mol. The van der Waals surface area contributed by atoms with Crippen LogP contribution in [0.5, 0.6) is 0 Å². The first-order chi connectivity index (χ1) is 6.52. The topological polar surface area (TPSA) is 53.0 Å². The number of allylic oxidation sites excluding steroid dienone is 4. The van der Waals surface area contributed by atoms with Crippen LogP contribution in [0.15, 0.2) is 23.4 Å². The van der Waals surface area contributed by atoms with Gasteiger partial charge in [-0.05, 0) is 33.3 Å². The standard InChI is InChI=1S/C11H19N3/c1-5-10(4)6-7-11(8-12)14(13)9(2)3/h6-7,9H,5,13H2,1-4H3/b10-6+,11-7-. The Bertz CT molecular complexity index is 269. The van der Waals surface area contributed by atoms with Crippen LogP contribution in [-0.4, -0.2) is 11.1 Å². The Morgan fingerprint density at radius 1 is 1.50 bits per heavy atom. The summed E-state index contributed by atoms with van der Waals surface area (Å²) in [6.07, 6.45) is 4.68. The zero-order valence-electron chi connectivity index (χ0n) is 9.41. The molecule has 0 heterocycles. The highest BCUT2D eigenvalue weighted by Gasteiger charge is 2.06. The van der Waals surface area contributed by atoms with Gasteiger partial charge in [0.15, 0.2) is 0 Å². The molecule has 0 aromatic heterocycles. The first-order valence-corrected chi connectivity index (χ1v) is 4.84. The molecular weight excluding hydrogens is 174 g/mol. The Morgan fingerprint density at radius 3 is 2.43 bits per heavy atom. The molecule has 0 amide bonds. The summed E-state index contributed by atoms with van der Waals surface area (Å²) in [7, 11) is 0. The molecule has 0 aromatic rings. The molecular formula is C11H19N3. The van der Waals surface area contributed by atoms with E-state index in [0.29, 0.717) is 5.70 Å². The summed E-state index contributed by atoms with van der Waals surface area (Å²) in [6.45, 7) is 8.00. The van der Waals surface area contributed by atoms with E-state index < -0.39 is 0 Å². The summed E-state index contributed by atoms with van der Waals surface area (Å²) in [5.74, 6) is 5.71. The number of nitrogens with two attached hydrogens (primary N) is 1. The Kier molecular flexibility index (Phi) is 5.66. The molecule has 0 radical (unpaired) electrons. The third-order valence-electron chi connectivity index (χ3n) is 2.03. The lowest BCUT2D eigenvalue weighted by Crippen LogP contribution is -2.36. The van der Waals surface area contributed by atoms with Gasteiger partial charge >= 0.3 is 0 Å². The van der Waals surface area contributed by atoms with E-state index in [1.165, 1.54) is 10.6 Å². The van der Waals surface area contributed by atoms with Crippen molar-refractivity contribution in [3.05, 3.63) is 23.4 Å². The van der Waals surface area contributed by atoms with Gasteiger partial charge in [0, 0.05) is 6.04 Å². The van der Waals surface area contributed by atoms with Crippen LogP contribution in [0.1, 0.15) is 34.1 Å². The fourth-order valence-electron chi connectivity index (χ4n) is 0.798. The lowest BCUT2D eigenvalue weighted by Gasteiger charge is -2.21. The second kappa shape index (κ2) is 6.22. The molecule has 3 nitrogen and oxygen atoms in total. The van der Waals surface area contributed by atoms with Gasteiger partial charge in [-0.2, -0.15) is 5.26 Å². The van der Waals surface area contributed by atoms with E-state index in [4.69, 9.17) is 11.1 Å². The van der Waals surface area contributed by atoms with Crippen molar-refractivity contribution in [1.29, 1.82) is 5.26 Å². The van der Waals surface area contributed by atoms with Crippen LogP contribution in [-0.2, 0) is 0 Å². The molecule has 0 unspecified atom stereocenters. The highest BCUT2D eigenvalue weighted by atomic mass is 15.4. The van der Waals surface area contributed by atoms with Crippen molar-refractivity contribution in [3.63, 3.8) is 0 Å². The summed E-state index contributed by atoms with van der Waals surface area (Å²) in [6, 6.07) is 2.22. The zero-order valence-corrected chi connectivity index (χ0v) is 9.41. The number of hydrogen-bond donors (Lipinski definition) is 1. The molecule has 14 heavy (non-hydrogen) atoms. The van der Waals surface area contributed by atoms with Crippen LogP contribution in [0.25, 0.3) is 0 Å². The van der Waals surface area contributed by atoms with Gasteiger partial charge in [0.2, 0.25) is 0 Å². The molecule has 0 aliphatic heterocycles. The number of hydrazine groups is 1. The minimum atomic E-state index is 0.135. The maximum Gasteiger partial charge on any atom is 0.130 e. The van der Waals surface area contributed by atoms with Gasteiger partial charge in [-0.3, -0.25) is 5.01 Å². The maximum atomic E-state index is 8.86. The van der Waals surface area contributed by atoms with E-state index in [2.05, 4.69) is 13.0 Å². The monoisotopic (exact) mass is 193 g/mol. The van der Waals surface area contributed by atoms with E-state index in [1.807, 2.05) is 26.8 Å². The lowest BCUT2D eigenvalue weighted by molar-refractivity contribution is 0.305. The molecule has 0 bridgehead atoms. The largest absolute Gasteiger partial charge is 0.299 e. The minimum absolute atomic E-state index is 0.135. The molecule has 0 atom stereocenters. The number of nitrogens with zero attached hydrogens (tertiary/aromatic N) is 2. The van der Waals surface area contributed by atoms with E-state index in [1.54, 1.807) is 6.08 Å². The number of hydrogen-bond acceptors (Lipinski definition) is 3. The molecule has 0 aliphatic carbocycles. The predicted octanol–water partition coefficient (Wildman–Crippen LogP) is 2.33. The van der Waals surface area contributed by atoms with Crippen molar-refractivity contribution < 1.29 is 0 Å². The first-order valence-electron chi connectivity index (χ1n) is 4.84. The Hall–Kier alpha value is -1.27. The summed E-state index contributed by atoms with van der Waals surface area (Å²) in [5.41, 5.74) is 1.72. The van der Waals surface area contributed by atoms with Crippen LogP contribution in [0, 0.1) is 11.3 Å². The van der Waals surface area contributed by atoms with Crippen LogP contribution >= 0.6 is 0 Å². The molecule has 0 saturated carbocycles. The van der Waals surface area contributed by atoms with E-state index >= 15 is 0 Å². The van der Waals surface area contributed by atoms with Gasteiger partial charge in [0.05, 0.1) is 0 Å². The van der Waals surface area contributed by atoms with Gasteiger partial charge in [-0.15, -0.1) is 0 Å². The third-order valence-corrected chi connectivity index (χ3v) is 2.03. The van der Waals surface area contributed by atoms with Crippen LogP contribution < -0.4 is 5.84 Å². The fraction of sp³-hybridized carbons (Fsp3) is 0.545. The van der Waals surface area contributed by atoms with E-state index in [9.17, 15) is 0 Å². The molecule has 0 spiro atoms. The Labute approximate surface area is 86.5 Å². The molecule has 78 valence electrons. The molecule has 0 aromatic carbocycles. The summed E-state index contributed by atoms with van der Waals surface area (Å²) >= 11 is 0. The van der Waals surface area contributed by atoms with Gasteiger partial charge in [0.1, 0.15) is 11.8 Å². The van der Waals surface area contributed by atoms with Gasteiger partial charge in [0.25, 0.3) is 0 Å². The summed E-state index contributed by atoms with van der Waals surface area (Å²) in [5, 5.41) is 10.3. The molecule has 0 saturated heterocycles. The van der Waals surface area contributed by atoms with Crippen molar-refractivity contribution in [2.45, 2.75) is 40.2 Å². The van der Waals surface area contributed by atoms with Gasteiger partial charge < -0.3 is 0 Å². The molecule has 2 N–H and O–H groups in total. The Morgan fingerprint density at radius 2 is 2.07 bits per heavy atom. The van der Waals surface area contributed by atoms with Crippen molar-refractivity contribution in [2.75, 3.05) is 0 Å². The van der Waals surface area contributed by atoms with Crippen LogP contribution in [0.4, 0.5) is 0 Å². The fourth-order valence-corrected chi connectivity index (χ4v) is 0.798. The van der Waals surface area contributed by atoms with Gasteiger partial charge in [-0.1, -0.05) is 18.6 Å². The van der Waals surface area contributed by atoms with Crippen molar-refractivity contribution >= 4 is 0 Å². The highest BCUT2D eigenvalue weighted by Crippen LogP contribution is 2.05. The molecule has 3 heteroatoms.